The molecular weight excluding hydrogens is 242 g/mol. The van der Waals surface area contributed by atoms with Crippen molar-refractivity contribution in [3.05, 3.63) is 70.2 Å². The van der Waals surface area contributed by atoms with Gasteiger partial charge in [0.15, 0.2) is 0 Å². The van der Waals surface area contributed by atoms with Gasteiger partial charge in [-0.1, -0.05) is 53.6 Å². The zero-order chi connectivity index (χ0) is 13.0. The van der Waals surface area contributed by atoms with Gasteiger partial charge in [0.05, 0.1) is 0 Å². The Labute approximate surface area is 114 Å². The molecule has 2 rings (SSSR count). The van der Waals surface area contributed by atoms with Crippen LogP contribution in [-0.2, 0) is 6.42 Å². The molecule has 0 spiro atoms. The molecule has 0 bridgehead atoms. The van der Waals surface area contributed by atoms with Crippen LogP contribution < -0.4 is 5.73 Å². The summed E-state index contributed by atoms with van der Waals surface area (Å²) in [6.45, 7) is 2.76. The topological polar surface area (TPSA) is 26.0 Å². The van der Waals surface area contributed by atoms with Crippen molar-refractivity contribution in [2.75, 3.05) is 6.54 Å². The molecule has 2 N–H and O–H groups in total. The monoisotopic (exact) mass is 259 g/mol. The number of aryl methyl sites for hydroxylation is 1. The predicted octanol–water partition coefficient (Wildman–Crippen LogP) is 3.93. The second-order valence-corrected chi connectivity index (χ2v) is 5.11. The van der Waals surface area contributed by atoms with E-state index in [1.807, 2.05) is 12.1 Å². The lowest BCUT2D eigenvalue weighted by Gasteiger charge is -2.15. The Hall–Kier alpha value is -1.31. The molecule has 0 saturated heterocycles. The second-order valence-electron chi connectivity index (χ2n) is 4.68. The molecule has 2 heteroatoms. The molecule has 0 heterocycles. The van der Waals surface area contributed by atoms with E-state index in [0.717, 1.165) is 11.4 Å². The summed E-state index contributed by atoms with van der Waals surface area (Å²) in [6.07, 6.45) is 0.972. The highest BCUT2D eigenvalue weighted by molar-refractivity contribution is 6.30. The summed E-state index contributed by atoms with van der Waals surface area (Å²) in [5, 5.41) is 0.769. The maximum absolute atomic E-state index is 5.91. The number of hydrogen-bond acceptors (Lipinski definition) is 1. The highest BCUT2D eigenvalue weighted by Crippen LogP contribution is 2.22. The SMILES string of the molecule is Cc1cccc(CC(CN)c2ccc(Cl)cc2)c1. The van der Waals surface area contributed by atoms with Gasteiger partial charge in [-0.3, -0.25) is 0 Å². The van der Waals surface area contributed by atoms with Crippen LogP contribution in [0.5, 0.6) is 0 Å². The van der Waals surface area contributed by atoms with E-state index in [0.29, 0.717) is 12.5 Å². The minimum absolute atomic E-state index is 0.351. The average molecular weight is 260 g/mol. The van der Waals surface area contributed by atoms with Crippen molar-refractivity contribution in [1.29, 1.82) is 0 Å². The maximum atomic E-state index is 5.91. The van der Waals surface area contributed by atoms with Gasteiger partial charge in [-0.15, -0.1) is 0 Å². The van der Waals surface area contributed by atoms with Gasteiger partial charge in [0.25, 0.3) is 0 Å². The molecule has 0 amide bonds. The van der Waals surface area contributed by atoms with Crippen molar-refractivity contribution >= 4 is 11.6 Å². The van der Waals surface area contributed by atoms with Crippen molar-refractivity contribution in [3.63, 3.8) is 0 Å². The lowest BCUT2D eigenvalue weighted by molar-refractivity contribution is 0.694. The van der Waals surface area contributed by atoms with E-state index in [4.69, 9.17) is 17.3 Å². The van der Waals surface area contributed by atoms with Crippen LogP contribution >= 0.6 is 11.6 Å². The van der Waals surface area contributed by atoms with Gasteiger partial charge in [0, 0.05) is 10.9 Å². The molecule has 1 nitrogen and oxygen atoms in total. The quantitative estimate of drug-likeness (QED) is 0.885. The van der Waals surface area contributed by atoms with E-state index < -0.39 is 0 Å². The second kappa shape index (κ2) is 6.03. The summed E-state index contributed by atoms with van der Waals surface area (Å²) in [6, 6.07) is 16.6. The van der Waals surface area contributed by atoms with Gasteiger partial charge in [0.1, 0.15) is 0 Å². The summed E-state index contributed by atoms with van der Waals surface area (Å²) < 4.78 is 0. The summed E-state index contributed by atoms with van der Waals surface area (Å²) in [5.41, 5.74) is 9.77. The predicted molar refractivity (Wildman–Crippen MR) is 78.1 cm³/mol. The summed E-state index contributed by atoms with van der Waals surface area (Å²) >= 11 is 5.91. The highest BCUT2D eigenvalue weighted by atomic mass is 35.5. The Balaban J connectivity index is 2.17. The zero-order valence-corrected chi connectivity index (χ0v) is 11.3. The normalized spacial score (nSPS) is 12.4. The van der Waals surface area contributed by atoms with Crippen LogP contribution in [0.25, 0.3) is 0 Å². The molecule has 0 aliphatic rings. The Bertz CT molecular complexity index is 505. The van der Waals surface area contributed by atoms with Crippen LogP contribution in [-0.4, -0.2) is 6.54 Å². The van der Waals surface area contributed by atoms with Gasteiger partial charge in [0.2, 0.25) is 0 Å². The molecule has 2 aromatic rings. The summed E-state index contributed by atoms with van der Waals surface area (Å²) in [7, 11) is 0. The van der Waals surface area contributed by atoms with E-state index in [1.165, 1.54) is 16.7 Å². The number of halogens is 1. The lowest BCUT2D eigenvalue weighted by atomic mass is 9.91. The van der Waals surface area contributed by atoms with Crippen LogP contribution in [0, 0.1) is 6.92 Å². The molecular formula is C16H18ClN. The molecule has 1 atom stereocenters. The third kappa shape index (κ3) is 3.34. The van der Waals surface area contributed by atoms with Crippen LogP contribution in [0.3, 0.4) is 0 Å². The molecule has 0 fully saturated rings. The number of nitrogens with two attached hydrogens (primary N) is 1. The van der Waals surface area contributed by atoms with Gasteiger partial charge < -0.3 is 5.73 Å². The molecule has 94 valence electrons. The zero-order valence-electron chi connectivity index (χ0n) is 10.6. The first kappa shape index (κ1) is 13.1. The number of benzene rings is 2. The summed E-state index contributed by atoms with van der Waals surface area (Å²) in [5.74, 6) is 0.351. The Morgan fingerprint density at radius 1 is 1.11 bits per heavy atom. The molecule has 1 unspecified atom stereocenters. The van der Waals surface area contributed by atoms with E-state index in [9.17, 15) is 0 Å². The standard InChI is InChI=1S/C16H18ClN/c1-12-3-2-4-13(9-12)10-15(11-18)14-5-7-16(17)8-6-14/h2-9,15H,10-11,18H2,1H3. The molecule has 0 aliphatic carbocycles. The third-order valence-corrected chi connectivity index (χ3v) is 3.44. The minimum Gasteiger partial charge on any atom is -0.330 e. The molecule has 0 aliphatic heterocycles. The fourth-order valence-electron chi connectivity index (χ4n) is 2.20. The van der Waals surface area contributed by atoms with Crippen molar-refractivity contribution in [1.82, 2.24) is 0 Å². The number of rotatable bonds is 4. The summed E-state index contributed by atoms with van der Waals surface area (Å²) in [4.78, 5) is 0. The third-order valence-electron chi connectivity index (χ3n) is 3.19. The van der Waals surface area contributed by atoms with Gasteiger partial charge >= 0.3 is 0 Å². The first-order valence-corrected chi connectivity index (χ1v) is 6.58. The van der Waals surface area contributed by atoms with Gasteiger partial charge in [-0.2, -0.15) is 0 Å². The van der Waals surface area contributed by atoms with Crippen molar-refractivity contribution in [2.45, 2.75) is 19.3 Å². The van der Waals surface area contributed by atoms with Crippen LogP contribution in [0.2, 0.25) is 5.02 Å². The molecule has 0 radical (unpaired) electrons. The fourth-order valence-corrected chi connectivity index (χ4v) is 2.32. The van der Waals surface area contributed by atoms with Gasteiger partial charge in [-0.25, -0.2) is 0 Å². The maximum Gasteiger partial charge on any atom is 0.0406 e. The first-order chi connectivity index (χ1) is 8.69. The molecule has 0 aromatic heterocycles. The Morgan fingerprint density at radius 3 is 2.44 bits per heavy atom. The van der Waals surface area contributed by atoms with E-state index in [2.05, 4.69) is 43.3 Å². The van der Waals surface area contributed by atoms with Crippen LogP contribution in [0.15, 0.2) is 48.5 Å². The molecule has 2 aromatic carbocycles. The van der Waals surface area contributed by atoms with E-state index >= 15 is 0 Å². The molecule has 0 saturated carbocycles. The fraction of sp³-hybridized carbons (Fsp3) is 0.250. The van der Waals surface area contributed by atoms with Crippen molar-refractivity contribution in [3.8, 4) is 0 Å². The van der Waals surface area contributed by atoms with Gasteiger partial charge in [-0.05, 0) is 43.1 Å². The van der Waals surface area contributed by atoms with Crippen LogP contribution in [0.1, 0.15) is 22.6 Å². The average Bonchev–Trinajstić information content (AvgIpc) is 2.37. The van der Waals surface area contributed by atoms with Crippen molar-refractivity contribution in [2.24, 2.45) is 5.73 Å². The molecule has 18 heavy (non-hydrogen) atoms. The Morgan fingerprint density at radius 2 is 1.83 bits per heavy atom. The van der Waals surface area contributed by atoms with E-state index in [-0.39, 0.29) is 0 Å². The smallest absolute Gasteiger partial charge is 0.0406 e. The lowest BCUT2D eigenvalue weighted by Crippen LogP contribution is -2.15. The minimum atomic E-state index is 0.351. The van der Waals surface area contributed by atoms with Crippen molar-refractivity contribution < 1.29 is 0 Å². The first-order valence-electron chi connectivity index (χ1n) is 6.20. The number of hydrogen-bond donors (Lipinski definition) is 1. The Kier molecular flexibility index (Phi) is 4.40. The largest absolute Gasteiger partial charge is 0.330 e. The van der Waals surface area contributed by atoms with Crippen LogP contribution in [0.4, 0.5) is 0 Å². The highest BCUT2D eigenvalue weighted by Gasteiger charge is 2.10. The van der Waals surface area contributed by atoms with E-state index in [1.54, 1.807) is 0 Å².